The summed E-state index contributed by atoms with van der Waals surface area (Å²) in [4.78, 5) is 0. The molecule has 0 nitrogen and oxygen atoms in total. The van der Waals surface area contributed by atoms with E-state index in [9.17, 15) is 8.78 Å². The van der Waals surface area contributed by atoms with Gasteiger partial charge in [-0.05, 0) is 30.9 Å². The molecule has 1 aromatic rings. The number of halogens is 2. The molecule has 1 rings (SSSR count). The molecule has 0 fully saturated rings. The van der Waals surface area contributed by atoms with Gasteiger partial charge in [0, 0.05) is 0 Å². The fourth-order valence-corrected chi connectivity index (χ4v) is 5.56. The first-order valence-electron chi connectivity index (χ1n) is 6.93. The van der Waals surface area contributed by atoms with Gasteiger partial charge in [-0.15, -0.1) is 0 Å². The molecule has 0 heterocycles. The summed E-state index contributed by atoms with van der Waals surface area (Å²) in [5.74, 6) is 0. The maximum atomic E-state index is 14.0. The first-order chi connectivity index (χ1) is 9.01. The molecule has 0 N–H and O–H groups in total. The minimum absolute atomic E-state index is 0.340. The third-order valence-corrected chi connectivity index (χ3v) is 6.92. The molecular weight excluding hydrogens is 258 g/mol. The number of benzene rings is 1. The Hall–Kier alpha value is -0.963. The molecule has 19 heavy (non-hydrogen) atoms. The molecule has 0 aliphatic carbocycles. The van der Waals surface area contributed by atoms with Crippen molar-refractivity contribution in [2.24, 2.45) is 0 Å². The Balaban J connectivity index is 2.71. The minimum atomic E-state index is -1.81. The van der Waals surface area contributed by atoms with Crippen LogP contribution in [-0.4, -0.2) is 20.9 Å². The van der Waals surface area contributed by atoms with E-state index in [1.807, 2.05) is 24.3 Å². The number of hydrogen-bond acceptors (Lipinski definition) is 0. The van der Waals surface area contributed by atoms with Crippen LogP contribution in [0.2, 0.25) is 19.1 Å². The zero-order chi connectivity index (χ0) is 14.3. The van der Waals surface area contributed by atoms with Crippen LogP contribution >= 0.6 is 0 Å². The van der Waals surface area contributed by atoms with Crippen molar-refractivity contribution in [3.05, 3.63) is 36.4 Å². The second kappa shape index (κ2) is 7.58. The first kappa shape index (κ1) is 16.1. The maximum Gasteiger partial charge on any atom is 0.0981 e. The molecule has 1 atom stereocenters. The predicted molar refractivity (Wildman–Crippen MR) is 83.2 cm³/mol. The smallest absolute Gasteiger partial charge is 0.0981 e. The summed E-state index contributed by atoms with van der Waals surface area (Å²) < 4.78 is 26.0. The molecule has 0 saturated carbocycles. The van der Waals surface area contributed by atoms with E-state index >= 15 is 0 Å². The quantitative estimate of drug-likeness (QED) is 0.478. The van der Waals surface area contributed by atoms with Crippen LogP contribution in [0.15, 0.2) is 30.8 Å². The summed E-state index contributed by atoms with van der Waals surface area (Å²) >= 11 is 0. The van der Waals surface area contributed by atoms with Gasteiger partial charge in [-0.25, -0.2) is 4.39 Å². The Bertz CT molecular complexity index is 401. The molecule has 1 unspecified atom stereocenters. The lowest BCUT2D eigenvalue weighted by molar-refractivity contribution is 0.321. The van der Waals surface area contributed by atoms with Crippen LogP contribution in [0.5, 0.6) is 0 Å². The van der Waals surface area contributed by atoms with Gasteiger partial charge in [-0.1, -0.05) is 55.2 Å². The molecule has 3 heteroatoms. The normalized spacial score (nSPS) is 13.3. The molecule has 0 radical (unpaired) electrons. The fourth-order valence-electron chi connectivity index (χ4n) is 2.52. The molecule has 0 bridgehead atoms. The van der Waals surface area contributed by atoms with E-state index in [0.717, 1.165) is 5.56 Å². The van der Waals surface area contributed by atoms with Gasteiger partial charge in [0.2, 0.25) is 0 Å². The Morgan fingerprint density at radius 1 is 1.26 bits per heavy atom. The maximum absolute atomic E-state index is 14.0. The molecule has 0 spiro atoms. The summed E-state index contributed by atoms with van der Waals surface area (Å²) in [7, 11) is -1.81. The molecule has 0 aliphatic heterocycles. The van der Waals surface area contributed by atoms with E-state index in [1.165, 1.54) is 5.19 Å². The van der Waals surface area contributed by atoms with E-state index in [2.05, 4.69) is 25.7 Å². The largest absolute Gasteiger partial charge is 0.251 e. The zero-order valence-corrected chi connectivity index (χ0v) is 13.0. The van der Waals surface area contributed by atoms with E-state index in [0.29, 0.717) is 25.3 Å². The first-order valence-corrected chi connectivity index (χ1v) is 10.1. The van der Waals surface area contributed by atoms with Gasteiger partial charge in [0.05, 0.1) is 20.9 Å². The average Bonchev–Trinajstić information content (AvgIpc) is 2.38. The van der Waals surface area contributed by atoms with E-state index < -0.39 is 14.2 Å². The van der Waals surface area contributed by atoms with Gasteiger partial charge in [0.25, 0.3) is 0 Å². The number of rotatable bonds is 8. The zero-order valence-electron chi connectivity index (χ0n) is 12.0. The Morgan fingerprint density at radius 3 is 2.58 bits per heavy atom. The second-order valence-corrected chi connectivity index (χ2v) is 10.4. The number of unbranched alkanes of at least 4 members (excludes halogenated alkanes) is 1. The van der Waals surface area contributed by atoms with Crippen molar-refractivity contribution in [3.63, 3.8) is 0 Å². The Morgan fingerprint density at radius 2 is 1.95 bits per heavy atom. The average molecular weight is 282 g/mol. The molecule has 0 amide bonds. The highest BCUT2D eigenvalue weighted by Gasteiger charge is 2.28. The van der Waals surface area contributed by atoms with Crippen molar-refractivity contribution in [2.45, 2.75) is 44.6 Å². The van der Waals surface area contributed by atoms with E-state index in [1.54, 1.807) is 0 Å². The van der Waals surface area contributed by atoms with Crippen LogP contribution in [0.25, 0.3) is 6.08 Å². The van der Waals surface area contributed by atoms with Crippen LogP contribution in [0, 0.1) is 0 Å². The molecule has 0 saturated heterocycles. The lowest BCUT2D eigenvalue weighted by Gasteiger charge is -2.26. The SMILES string of the molecule is C=Cc1ccccc1[Si](C)(C)CC(F)CCCCF. The van der Waals surface area contributed by atoms with Gasteiger partial charge in [-0.3, -0.25) is 4.39 Å². The number of alkyl halides is 2. The summed E-state index contributed by atoms with van der Waals surface area (Å²) in [6.07, 6.45) is 2.64. The summed E-state index contributed by atoms with van der Waals surface area (Å²) in [5, 5.41) is 1.26. The molecule has 1 aromatic carbocycles. The van der Waals surface area contributed by atoms with E-state index in [4.69, 9.17) is 0 Å². The third-order valence-electron chi connectivity index (χ3n) is 3.54. The minimum Gasteiger partial charge on any atom is -0.251 e. The predicted octanol–water partition coefficient (Wildman–Crippen LogP) is 4.72. The lowest BCUT2D eigenvalue weighted by Crippen LogP contribution is -2.44. The van der Waals surface area contributed by atoms with Crippen LogP contribution in [-0.2, 0) is 0 Å². The van der Waals surface area contributed by atoms with Crippen LogP contribution in [0.1, 0.15) is 24.8 Å². The Labute approximate surface area is 116 Å². The van der Waals surface area contributed by atoms with Crippen molar-refractivity contribution in [1.29, 1.82) is 0 Å². The van der Waals surface area contributed by atoms with Crippen molar-refractivity contribution in [1.82, 2.24) is 0 Å². The van der Waals surface area contributed by atoms with Crippen molar-refractivity contribution in [2.75, 3.05) is 6.67 Å². The van der Waals surface area contributed by atoms with Crippen LogP contribution in [0.3, 0.4) is 0 Å². The molecule has 0 aliphatic rings. The van der Waals surface area contributed by atoms with Gasteiger partial charge in [-0.2, -0.15) is 0 Å². The second-order valence-electron chi connectivity index (χ2n) is 5.66. The monoisotopic (exact) mass is 282 g/mol. The Kier molecular flexibility index (Phi) is 6.42. The van der Waals surface area contributed by atoms with E-state index in [-0.39, 0.29) is 6.67 Å². The summed E-state index contributed by atoms with van der Waals surface area (Å²) in [6.45, 7) is 7.87. The third kappa shape index (κ3) is 4.90. The summed E-state index contributed by atoms with van der Waals surface area (Å²) in [6, 6.07) is 8.72. The van der Waals surface area contributed by atoms with Crippen molar-refractivity contribution >= 4 is 19.3 Å². The topological polar surface area (TPSA) is 0 Å². The van der Waals surface area contributed by atoms with Gasteiger partial charge in [0.15, 0.2) is 0 Å². The highest BCUT2D eigenvalue weighted by molar-refractivity contribution is 6.90. The van der Waals surface area contributed by atoms with Gasteiger partial charge in [0.1, 0.15) is 0 Å². The van der Waals surface area contributed by atoms with Crippen molar-refractivity contribution in [3.8, 4) is 0 Å². The highest BCUT2D eigenvalue weighted by atomic mass is 28.3. The van der Waals surface area contributed by atoms with Gasteiger partial charge >= 0.3 is 0 Å². The fraction of sp³-hybridized carbons (Fsp3) is 0.500. The standard InChI is InChI=1S/C16H24F2Si/c1-4-14-9-5-6-11-16(14)19(2,3)13-15(18)10-7-8-12-17/h4-6,9,11,15H,1,7-8,10,12-13H2,2-3H3. The summed E-state index contributed by atoms with van der Waals surface area (Å²) in [5.41, 5.74) is 1.12. The highest BCUT2D eigenvalue weighted by Crippen LogP contribution is 2.20. The number of hydrogen-bond donors (Lipinski definition) is 0. The molecular formula is C16H24F2Si. The molecule has 0 aromatic heterocycles. The van der Waals surface area contributed by atoms with Crippen LogP contribution < -0.4 is 5.19 Å². The van der Waals surface area contributed by atoms with Gasteiger partial charge < -0.3 is 0 Å². The van der Waals surface area contributed by atoms with Crippen LogP contribution in [0.4, 0.5) is 8.78 Å². The lowest BCUT2D eigenvalue weighted by atomic mass is 10.2. The molecule has 106 valence electrons. The van der Waals surface area contributed by atoms with Crippen molar-refractivity contribution < 1.29 is 8.78 Å².